The fourth-order valence-electron chi connectivity index (χ4n) is 5.65. The van der Waals surface area contributed by atoms with Crippen LogP contribution in [-0.2, 0) is 36.7 Å². The molecule has 0 saturated heterocycles. The van der Waals surface area contributed by atoms with Gasteiger partial charge in [0, 0.05) is 36.1 Å². The normalized spacial score (nSPS) is 14.9. The van der Waals surface area contributed by atoms with Crippen molar-refractivity contribution in [3.8, 4) is 11.5 Å². The van der Waals surface area contributed by atoms with Gasteiger partial charge in [-0.15, -0.1) is 0 Å². The number of aromatic nitrogens is 1. The number of fused-ring (bicyclic) bond motifs is 3. The molecule has 2 heterocycles. The van der Waals surface area contributed by atoms with E-state index in [9.17, 15) is 26.3 Å². The fourth-order valence-corrected chi connectivity index (χ4v) is 5.65. The molecule has 4 nitrogen and oxygen atoms in total. The van der Waals surface area contributed by atoms with Gasteiger partial charge in [-0.2, -0.15) is 26.3 Å². The van der Waals surface area contributed by atoms with Gasteiger partial charge in [0.2, 0.25) is 0 Å². The first-order valence-corrected chi connectivity index (χ1v) is 14.1. The summed E-state index contributed by atoms with van der Waals surface area (Å²) in [6.07, 6.45) is -9.11. The van der Waals surface area contributed by atoms with Crippen LogP contribution in [0.1, 0.15) is 39.6 Å². The number of halogens is 6. The molecule has 1 aliphatic heterocycles. The molecule has 1 aromatic heterocycles. The molecular weight excluding hydrogens is 582 g/mol. The van der Waals surface area contributed by atoms with Crippen LogP contribution in [0, 0.1) is 0 Å². The Morgan fingerprint density at radius 1 is 0.750 bits per heavy atom. The molecule has 44 heavy (non-hydrogen) atoms. The largest absolute Gasteiger partial charge is 0.457 e. The van der Waals surface area contributed by atoms with Crippen molar-refractivity contribution >= 4 is 10.9 Å². The Labute approximate surface area is 249 Å². The zero-order valence-corrected chi connectivity index (χ0v) is 23.4. The van der Waals surface area contributed by atoms with Crippen LogP contribution < -0.4 is 4.74 Å². The molecular formula is C34H28F6N2O2. The Morgan fingerprint density at radius 3 is 2.07 bits per heavy atom. The second-order valence-electron chi connectivity index (χ2n) is 10.8. The summed E-state index contributed by atoms with van der Waals surface area (Å²) in [7, 11) is 0. The monoisotopic (exact) mass is 610 g/mol. The number of nitrogens with zero attached hydrogens (tertiary/aromatic N) is 1. The summed E-state index contributed by atoms with van der Waals surface area (Å²) in [5.74, 6) is 1.42. The molecule has 0 bridgehead atoms. The fraction of sp³-hybridized carbons (Fsp3) is 0.235. The SMILES string of the molecule is FC(F)(F)c1cc(COCC(c2ccccc2)N2CCc3[nH]c4ccc(Oc5ccccc5)cc4c3C2)cc(C(F)(F)F)c1. The molecule has 0 spiro atoms. The van der Waals surface area contributed by atoms with E-state index < -0.39 is 30.1 Å². The van der Waals surface area contributed by atoms with Crippen molar-refractivity contribution in [1.82, 2.24) is 9.88 Å². The van der Waals surface area contributed by atoms with Gasteiger partial charge in [0.1, 0.15) is 11.5 Å². The number of aromatic amines is 1. The Morgan fingerprint density at radius 2 is 1.41 bits per heavy atom. The standard InChI is InChI=1S/C34H28F6N2O2/c35-33(36,37)24-15-22(16-25(17-24)34(38,39)40)20-43-21-32(23-7-3-1-4-8-23)42-14-13-31-29(19-42)28-18-27(11-12-30(28)41-31)44-26-9-5-2-6-10-26/h1-12,15-18,32,41H,13-14,19-21H2. The smallest absolute Gasteiger partial charge is 0.416 e. The van der Waals surface area contributed by atoms with E-state index in [0.29, 0.717) is 31.0 Å². The molecule has 0 fully saturated rings. The first-order valence-electron chi connectivity index (χ1n) is 14.1. The van der Waals surface area contributed by atoms with Gasteiger partial charge in [0.25, 0.3) is 0 Å². The van der Waals surface area contributed by atoms with E-state index in [1.54, 1.807) is 0 Å². The van der Waals surface area contributed by atoms with Crippen molar-refractivity contribution in [2.75, 3.05) is 13.2 Å². The number of para-hydroxylation sites is 1. The summed E-state index contributed by atoms with van der Waals surface area (Å²) in [5, 5.41) is 1.02. The molecule has 5 aromatic rings. The van der Waals surface area contributed by atoms with Crippen molar-refractivity contribution in [3.63, 3.8) is 0 Å². The van der Waals surface area contributed by atoms with E-state index in [1.807, 2.05) is 78.9 Å². The third kappa shape index (κ3) is 6.61. The van der Waals surface area contributed by atoms with E-state index in [0.717, 1.165) is 39.9 Å². The van der Waals surface area contributed by atoms with Crippen LogP contribution >= 0.6 is 0 Å². The Bertz CT molecular complexity index is 1700. The summed E-state index contributed by atoms with van der Waals surface area (Å²) >= 11 is 0. The number of nitrogens with one attached hydrogen (secondary N) is 1. The van der Waals surface area contributed by atoms with E-state index >= 15 is 0 Å². The van der Waals surface area contributed by atoms with Crippen molar-refractivity contribution < 1.29 is 35.8 Å². The molecule has 1 unspecified atom stereocenters. The minimum absolute atomic E-state index is 0.0711. The molecule has 6 rings (SSSR count). The molecule has 10 heteroatoms. The zero-order valence-electron chi connectivity index (χ0n) is 23.4. The quantitative estimate of drug-likeness (QED) is 0.178. The highest BCUT2D eigenvalue weighted by molar-refractivity contribution is 5.86. The van der Waals surface area contributed by atoms with Gasteiger partial charge in [-0.25, -0.2) is 0 Å². The first kappa shape index (κ1) is 29.8. The van der Waals surface area contributed by atoms with Crippen LogP contribution in [0.4, 0.5) is 26.3 Å². The minimum atomic E-state index is -4.92. The number of hydrogen-bond acceptors (Lipinski definition) is 3. The second-order valence-corrected chi connectivity index (χ2v) is 10.8. The maximum absolute atomic E-state index is 13.4. The second kappa shape index (κ2) is 12.0. The van der Waals surface area contributed by atoms with Gasteiger partial charge in [-0.1, -0.05) is 48.5 Å². The van der Waals surface area contributed by atoms with Crippen LogP contribution in [0.5, 0.6) is 11.5 Å². The number of ether oxygens (including phenoxy) is 2. The Balaban J connectivity index is 1.24. The predicted molar refractivity (Wildman–Crippen MR) is 154 cm³/mol. The lowest BCUT2D eigenvalue weighted by molar-refractivity contribution is -0.143. The van der Waals surface area contributed by atoms with Gasteiger partial charge >= 0.3 is 12.4 Å². The Hall–Kier alpha value is -4.28. The number of hydrogen-bond donors (Lipinski definition) is 1. The summed E-state index contributed by atoms with van der Waals surface area (Å²) in [4.78, 5) is 5.73. The molecule has 1 aliphatic rings. The first-order chi connectivity index (χ1) is 21.0. The molecule has 228 valence electrons. The van der Waals surface area contributed by atoms with Crippen molar-refractivity contribution in [2.24, 2.45) is 0 Å². The van der Waals surface area contributed by atoms with Crippen LogP contribution in [-0.4, -0.2) is 23.0 Å². The molecule has 0 radical (unpaired) electrons. The number of benzene rings is 4. The van der Waals surface area contributed by atoms with Gasteiger partial charge in [-0.05, 0) is 65.2 Å². The van der Waals surface area contributed by atoms with Gasteiger partial charge in [0.15, 0.2) is 0 Å². The number of alkyl halides is 6. The van der Waals surface area contributed by atoms with E-state index in [1.165, 1.54) is 0 Å². The van der Waals surface area contributed by atoms with Gasteiger partial charge in [-0.3, -0.25) is 4.90 Å². The summed E-state index contributed by atoms with van der Waals surface area (Å²) in [6.45, 7) is 0.914. The summed E-state index contributed by atoms with van der Waals surface area (Å²) < 4.78 is 92.1. The predicted octanol–water partition coefficient (Wildman–Crippen LogP) is 9.31. The molecule has 4 aromatic carbocycles. The maximum atomic E-state index is 13.4. The lowest BCUT2D eigenvalue weighted by Gasteiger charge is -2.35. The van der Waals surface area contributed by atoms with Crippen LogP contribution in [0.3, 0.4) is 0 Å². The van der Waals surface area contributed by atoms with E-state index in [-0.39, 0.29) is 24.3 Å². The van der Waals surface area contributed by atoms with E-state index in [2.05, 4.69) is 9.88 Å². The lowest BCUT2D eigenvalue weighted by atomic mass is 9.99. The third-order valence-electron chi connectivity index (χ3n) is 7.77. The molecule has 0 saturated carbocycles. The van der Waals surface area contributed by atoms with Crippen molar-refractivity contribution in [1.29, 1.82) is 0 Å². The zero-order chi connectivity index (χ0) is 30.9. The molecule has 1 atom stereocenters. The van der Waals surface area contributed by atoms with E-state index in [4.69, 9.17) is 9.47 Å². The summed E-state index contributed by atoms with van der Waals surface area (Å²) in [5.41, 5.74) is 1.23. The highest BCUT2D eigenvalue weighted by Gasteiger charge is 2.37. The molecule has 1 N–H and O–H groups in total. The van der Waals surface area contributed by atoms with Gasteiger partial charge in [0.05, 0.1) is 30.4 Å². The highest BCUT2D eigenvalue weighted by atomic mass is 19.4. The van der Waals surface area contributed by atoms with Crippen LogP contribution in [0.15, 0.2) is 97.1 Å². The van der Waals surface area contributed by atoms with Crippen molar-refractivity contribution in [3.05, 3.63) is 131 Å². The minimum Gasteiger partial charge on any atom is -0.457 e. The molecule has 0 aliphatic carbocycles. The van der Waals surface area contributed by atoms with Crippen LogP contribution in [0.2, 0.25) is 0 Å². The number of H-pyrrole nitrogens is 1. The topological polar surface area (TPSA) is 37.5 Å². The van der Waals surface area contributed by atoms with Crippen LogP contribution in [0.25, 0.3) is 10.9 Å². The molecule has 0 amide bonds. The maximum Gasteiger partial charge on any atom is 0.416 e. The third-order valence-corrected chi connectivity index (χ3v) is 7.77. The average Bonchev–Trinajstić information content (AvgIpc) is 3.36. The highest BCUT2D eigenvalue weighted by Crippen LogP contribution is 2.38. The number of rotatable bonds is 8. The van der Waals surface area contributed by atoms with Crippen molar-refractivity contribution in [2.45, 2.75) is 38.0 Å². The summed E-state index contributed by atoms with van der Waals surface area (Å²) in [6, 6.07) is 26.2. The lowest BCUT2D eigenvalue weighted by Crippen LogP contribution is -2.36. The van der Waals surface area contributed by atoms with Gasteiger partial charge < -0.3 is 14.5 Å². The Kier molecular flexibility index (Phi) is 8.13. The average molecular weight is 611 g/mol.